The maximum atomic E-state index is 6.69. The van der Waals surface area contributed by atoms with Gasteiger partial charge >= 0.3 is 17.2 Å². The summed E-state index contributed by atoms with van der Waals surface area (Å²) in [5.74, 6) is 2.86. The van der Waals surface area contributed by atoms with Gasteiger partial charge in [-0.3, -0.25) is 9.05 Å². The molecule has 0 N–H and O–H groups in total. The van der Waals surface area contributed by atoms with E-state index in [9.17, 15) is 0 Å². The van der Waals surface area contributed by atoms with Crippen LogP contribution in [0.1, 0.15) is 169 Å². The van der Waals surface area contributed by atoms with Crippen molar-refractivity contribution in [1.82, 2.24) is 0 Å². The molecule has 0 saturated carbocycles. The van der Waals surface area contributed by atoms with Crippen LogP contribution in [0.5, 0.6) is 23.0 Å². The summed E-state index contributed by atoms with van der Waals surface area (Å²) in [4.78, 5) is 0. The van der Waals surface area contributed by atoms with E-state index in [-0.39, 0.29) is 40.3 Å². The number of rotatable bonds is 25. The molecule has 0 amide bonds. The van der Waals surface area contributed by atoms with Gasteiger partial charge in [-0.15, -0.1) is 0 Å². The van der Waals surface area contributed by atoms with Gasteiger partial charge in [0.1, 0.15) is 23.0 Å². The minimum absolute atomic E-state index is 0.0182. The van der Waals surface area contributed by atoms with E-state index in [1.807, 2.05) is 63.2 Å². The summed E-state index contributed by atoms with van der Waals surface area (Å²) < 4.78 is 57.1. The molecule has 1 atom stereocenters. The summed E-state index contributed by atoms with van der Waals surface area (Å²) in [6.07, 6.45) is 0. The normalized spacial score (nSPS) is 13.0. The zero-order valence-electron chi connectivity index (χ0n) is 47.3. The SMILES string of the molecule is C=C(C)c1ccc(OP(OCCOCCOCCOCCOP(Oc2ccc(C(=C)C)cc2C(C)(C)C)Oc2ccc(C(C)(C)C)cc2C(C)(C)C)Oc2ccc(C(=C)C)cc2C(C)(C)C)c(C(C)(C)C)c1. The van der Waals surface area contributed by atoms with Crippen molar-refractivity contribution >= 4 is 33.9 Å². The van der Waals surface area contributed by atoms with Crippen LogP contribution in [0.15, 0.2) is 92.5 Å². The highest BCUT2D eigenvalue weighted by Gasteiger charge is 2.31. The van der Waals surface area contributed by atoms with E-state index in [2.05, 4.69) is 154 Å². The first-order valence-electron chi connectivity index (χ1n) is 25.2. The van der Waals surface area contributed by atoms with Gasteiger partial charge < -0.3 is 32.3 Å². The lowest BCUT2D eigenvalue weighted by Crippen LogP contribution is -2.18. The minimum atomic E-state index is -1.88. The number of hydrogen-bond donors (Lipinski definition) is 0. The van der Waals surface area contributed by atoms with Crippen molar-refractivity contribution in [2.24, 2.45) is 0 Å². The first-order chi connectivity index (χ1) is 33.4. The fourth-order valence-electron chi connectivity index (χ4n) is 7.39. The summed E-state index contributed by atoms with van der Waals surface area (Å²) in [7, 11) is -3.75. The molecule has 396 valence electrons. The van der Waals surface area contributed by atoms with Crippen LogP contribution in [0.4, 0.5) is 0 Å². The monoisotopic (exact) mass is 1030 g/mol. The predicted molar refractivity (Wildman–Crippen MR) is 304 cm³/mol. The molecule has 0 fully saturated rings. The van der Waals surface area contributed by atoms with Gasteiger partial charge in [0.15, 0.2) is 0 Å². The second kappa shape index (κ2) is 25.9. The standard InChI is InChI=1S/C61H88O9P2/c1-42(2)45-22-26-53(49(38-45)58(10,11)12)67-71(68-54-27-23-46(43(3)4)39-50(54)59(13,14)15)65-36-34-63-32-30-62-31-33-64-35-37-66-72(69-55-28-24-47(44(5)6)40-51(55)60(16,17)18)70-56-29-25-48(57(7,8)9)41-52(56)61(19,20)21/h22-29,38-41H,1,3,5,30-37H2,2,4,6-21H3. The Bertz CT molecular complexity index is 2360. The Morgan fingerprint density at radius 3 is 0.847 bits per heavy atom. The van der Waals surface area contributed by atoms with Gasteiger partial charge in [-0.1, -0.05) is 171 Å². The Hall–Kier alpha value is -4.04. The summed E-state index contributed by atoms with van der Waals surface area (Å²) in [6, 6.07) is 24.9. The van der Waals surface area contributed by atoms with E-state index < -0.39 is 17.2 Å². The molecule has 0 aromatic heterocycles. The van der Waals surface area contributed by atoms with Gasteiger partial charge in [0.25, 0.3) is 0 Å². The molecule has 4 rings (SSSR count). The van der Waals surface area contributed by atoms with Crippen molar-refractivity contribution in [3.63, 3.8) is 0 Å². The number of hydrogen-bond acceptors (Lipinski definition) is 9. The van der Waals surface area contributed by atoms with Crippen LogP contribution in [-0.2, 0) is 50.3 Å². The lowest BCUT2D eigenvalue weighted by atomic mass is 9.80. The van der Waals surface area contributed by atoms with E-state index >= 15 is 0 Å². The number of ether oxygens (including phenoxy) is 3. The quantitative estimate of drug-likeness (QED) is 0.0476. The van der Waals surface area contributed by atoms with E-state index in [4.69, 9.17) is 41.4 Å². The van der Waals surface area contributed by atoms with Crippen LogP contribution in [-0.4, -0.2) is 52.9 Å². The van der Waals surface area contributed by atoms with Crippen LogP contribution < -0.4 is 18.1 Å². The van der Waals surface area contributed by atoms with Crippen LogP contribution >= 0.6 is 17.2 Å². The molecular weight excluding hydrogens is 939 g/mol. The Kier molecular flexibility index (Phi) is 21.8. The lowest BCUT2D eigenvalue weighted by molar-refractivity contribution is 0.00427. The van der Waals surface area contributed by atoms with Crippen LogP contribution in [0.25, 0.3) is 16.7 Å². The summed E-state index contributed by atoms with van der Waals surface area (Å²) >= 11 is 0. The Balaban J connectivity index is 1.33. The van der Waals surface area contributed by atoms with Gasteiger partial charge in [0.05, 0.1) is 52.9 Å². The van der Waals surface area contributed by atoms with E-state index in [1.165, 1.54) is 5.56 Å². The molecule has 0 radical (unpaired) electrons. The molecule has 9 nitrogen and oxygen atoms in total. The van der Waals surface area contributed by atoms with E-state index in [0.717, 1.165) is 61.4 Å². The molecule has 0 bridgehead atoms. The molecule has 0 heterocycles. The zero-order valence-corrected chi connectivity index (χ0v) is 49.1. The molecule has 1 unspecified atom stereocenters. The summed E-state index contributed by atoms with van der Waals surface area (Å²) in [6.45, 7) is 54.0. The second-order valence-corrected chi connectivity index (χ2v) is 25.9. The smallest absolute Gasteiger partial charge is 0.417 e. The van der Waals surface area contributed by atoms with Gasteiger partial charge in [-0.2, -0.15) is 0 Å². The molecule has 4 aromatic rings. The van der Waals surface area contributed by atoms with Crippen molar-refractivity contribution in [2.45, 2.75) is 152 Å². The highest BCUT2D eigenvalue weighted by molar-refractivity contribution is 7.42. The fourth-order valence-corrected chi connectivity index (χ4v) is 9.40. The Morgan fingerprint density at radius 2 is 0.597 bits per heavy atom. The van der Waals surface area contributed by atoms with Gasteiger partial charge in [-0.05, 0) is 113 Å². The average molecular weight is 1030 g/mol. The zero-order chi connectivity index (χ0) is 53.8. The topological polar surface area (TPSA) is 83.1 Å². The largest absolute Gasteiger partial charge is 0.463 e. The Morgan fingerprint density at radius 1 is 0.347 bits per heavy atom. The average Bonchev–Trinajstić information content (AvgIpc) is 3.26. The molecule has 0 aliphatic heterocycles. The van der Waals surface area contributed by atoms with Crippen LogP contribution in [0.3, 0.4) is 0 Å². The highest BCUT2D eigenvalue weighted by atomic mass is 31.2. The Labute approximate surface area is 438 Å². The molecule has 0 spiro atoms. The van der Waals surface area contributed by atoms with Gasteiger partial charge in [0.2, 0.25) is 0 Å². The second-order valence-electron chi connectivity index (χ2n) is 23.8. The van der Waals surface area contributed by atoms with Crippen molar-refractivity contribution < 1.29 is 41.4 Å². The third-order valence-electron chi connectivity index (χ3n) is 11.8. The predicted octanol–water partition coefficient (Wildman–Crippen LogP) is 17.4. The third kappa shape index (κ3) is 18.7. The van der Waals surface area contributed by atoms with Crippen molar-refractivity contribution in [2.75, 3.05) is 52.9 Å². The van der Waals surface area contributed by atoms with Gasteiger partial charge in [0, 0.05) is 22.3 Å². The maximum Gasteiger partial charge on any atom is 0.463 e. The molecule has 0 aliphatic rings. The van der Waals surface area contributed by atoms with Crippen LogP contribution in [0, 0.1) is 0 Å². The van der Waals surface area contributed by atoms with Crippen molar-refractivity contribution in [3.8, 4) is 23.0 Å². The lowest BCUT2D eigenvalue weighted by Gasteiger charge is -2.29. The van der Waals surface area contributed by atoms with Gasteiger partial charge in [-0.25, -0.2) is 0 Å². The van der Waals surface area contributed by atoms with Crippen molar-refractivity contribution in [3.05, 3.63) is 137 Å². The van der Waals surface area contributed by atoms with E-state index in [0.29, 0.717) is 56.9 Å². The minimum Gasteiger partial charge on any atom is -0.417 e. The van der Waals surface area contributed by atoms with E-state index in [1.54, 1.807) is 0 Å². The first kappa shape index (κ1) is 60.5. The molecule has 0 saturated heterocycles. The van der Waals surface area contributed by atoms with Crippen molar-refractivity contribution in [1.29, 1.82) is 0 Å². The summed E-state index contributed by atoms with van der Waals surface area (Å²) in [5.41, 5.74) is 10.8. The number of allylic oxidation sites excluding steroid dienone is 3. The highest BCUT2D eigenvalue weighted by Crippen LogP contribution is 2.50. The fraction of sp³-hybridized carbons (Fsp3) is 0.508. The molecule has 4 aromatic carbocycles. The summed E-state index contributed by atoms with van der Waals surface area (Å²) in [5, 5.41) is 0. The van der Waals surface area contributed by atoms with Crippen LogP contribution in [0.2, 0.25) is 0 Å². The molecule has 11 heteroatoms. The number of benzene rings is 4. The molecule has 72 heavy (non-hydrogen) atoms. The molecular formula is C61H88O9P2. The third-order valence-corrected chi connectivity index (χ3v) is 13.9. The molecule has 0 aliphatic carbocycles. The maximum absolute atomic E-state index is 6.69. The first-order valence-corrected chi connectivity index (χ1v) is 27.4.